The van der Waals surface area contributed by atoms with Crippen molar-refractivity contribution < 1.29 is 9.90 Å². The van der Waals surface area contributed by atoms with Crippen LogP contribution >= 0.6 is 11.8 Å². The van der Waals surface area contributed by atoms with Crippen molar-refractivity contribution in [2.24, 2.45) is 0 Å². The van der Waals surface area contributed by atoms with E-state index in [0.29, 0.717) is 11.6 Å². The van der Waals surface area contributed by atoms with Crippen LogP contribution in [0, 0.1) is 0 Å². The molecule has 1 aromatic rings. The summed E-state index contributed by atoms with van der Waals surface area (Å²) in [6.45, 7) is 7.32. The molecule has 21 heavy (non-hydrogen) atoms. The lowest BCUT2D eigenvalue weighted by Crippen LogP contribution is -2.35. The zero-order valence-corrected chi connectivity index (χ0v) is 13.6. The number of benzene rings is 1. The lowest BCUT2D eigenvalue weighted by Gasteiger charge is -2.25. The molecule has 1 aromatic carbocycles. The van der Waals surface area contributed by atoms with Crippen molar-refractivity contribution in [2.75, 3.05) is 30.7 Å². The van der Waals surface area contributed by atoms with Gasteiger partial charge in [0.15, 0.2) is 0 Å². The van der Waals surface area contributed by atoms with Gasteiger partial charge < -0.3 is 10.4 Å². The van der Waals surface area contributed by atoms with Crippen LogP contribution in [-0.4, -0.2) is 47.4 Å². The molecule has 1 heterocycles. The number of carboxylic acids is 1. The summed E-state index contributed by atoms with van der Waals surface area (Å²) in [5, 5.41) is 12.8. The van der Waals surface area contributed by atoms with Crippen LogP contribution in [0.1, 0.15) is 37.0 Å². The molecular weight excluding hydrogens is 284 g/mol. The van der Waals surface area contributed by atoms with Gasteiger partial charge >= 0.3 is 5.97 Å². The molecule has 1 atom stereocenters. The molecule has 5 heteroatoms. The van der Waals surface area contributed by atoms with Crippen LogP contribution in [0.5, 0.6) is 0 Å². The zero-order chi connectivity index (χ0) is 15.2. The highest BCUT2D eigenvalue weighted by molar-refractivity contribution is 7.99. The van der Waals surface area contributed by atoms with Gasteiger partial charge in [0, 0.05) is 23.2 Å². The smallest absolute Gasteiger partial charge is 0.338 e. The number of nitrogens with one attached hydrogen (secondary N) is 1. The molecule has 1 aliphatic heterocycles. The van der Waals surface area contributed by atoms with E-state index in [2.05, 4.69) is 17.1 Å². The number of carbonyl (C=O) groups is 1. The van der Waals surface area contributed by atoms with Gasteiger partial charge in [0.25, 0.3) is 0 Å². The Labute approximate surface area is 130 Å². The molecule has 1 saturated heterocycles. The number of nitrogens with zero attached hydrogens (tertiary/aromatic N) is 1. The van der Waals surface area contributed by atoms with Gasteiger partial charge in [0.2, 0.25) is 0 Å². The molecule has 0 spiro atoms. The quantitative estimate of drug-likeness (QED) is 0.756. The van der Waals surface area contributed by atoms with Gasteiger partial charge in [-0.3, -0.25) is 4.90 Å². The summed E-state index contributed by atoms with van der Waals surface area (Å²) in [4.78, 5) is 14.8. The first-order chi connectivity index (χ1) is 10.1. The highest BCUT2D eigenvalue weighted by Crippen LogP contribution is 2.28. The minimum atomic E-state index is -0.858. The molecule has 1 aliphatic rings. The fourth-order valence-corrected chi connectivity index (χ4v) is 3.57. The summed E-state index contributed by atoms with van der Waals surface area (Å²) in [5.41, 5.74) is 1.13. The highest BCUT2D eigenvalue weighted by Gasteiger charge is 2.19. The van der Waals surface area contributed by atoms with Gasteiger partial charge in [-0.15, -0.1) is 11.8 Å². The monoisotopic (exact) mass is 308 g/mol. The third-order valence-electron chi connectivity index (χ3n) is 3.89. The molecule has 1 fully saturated rings. The Bertz CT molecular complexity index is 487. The second kappa shape index (κ2) is 7.71. The zero-order valence-electron chi connectivity index (χ0n) is 12.8. The fraction of sp³-hybridized carbons (Fsp3) is 0.562. The first-order valence-corrected chi connectivity index (χ1v) is 8.59. The maximum atomic E-state index is 11.6. The van der Waals surface area contributed by atoms with Crippen LogP contribution in [0.25, 0.3) is 0 Å². The van der Waals surface area contributed by atoms with E-state index in [-0.39, 0.29) is 0 Å². The van der Waals surface area contributed by atoms with Crippen molar-refractivity contribution in [1.29, 1.82) is 0 Å². The summed E-state index contributed by atoms with van der Waals surface area (Å²) in [6, 6.07) is 6.09. The van der Waals surface area contributed by atoms with Crippen molar-refractivity contribution in [3.05, 3.63) is 23.8 Å². The number of carboxylic acid groups (broad SMARTS) is 1. The van der Waals surface area contributed by atoms with Gasteiger partial charge in [-0.2, -0.15) is 0 Å². The topological polar surface area (TPSA) is 52.6 Å². The average molecular weight is 308 g/mol. The van der Waals surface area contributed by atoms with E-state index in [9.17, 15) is 9.90 Å². The third-order valence-corrected chi connectivity index (χ3v) is 4.83. The largest absolute Gasteiger partial charge is 0.478 e. The molecule has 2 N–H and O–H groups in total. The first-order valence-electron chi connectivity index (χ1n) is 7.60. The molecule has 0 bridgehead atoms. The maximum Gasteiger partial charge on any atom is 0.338 e. The molecule has 0 amide bonds. The van der Waals surface area contributed by atoms with Crippen LogP contribution in [-0.2, 0) is 0 Å². The Balaban J connectivity index is 2.08. The third kappa shape index (κ3) is 4.14. The lowest BCUT2D eigenvalue weighted by atomic mass is 10.1. The number of thioether (sulfide) groups is 1. The molecule has 0 saturated carbocycles. The standard InChI is InChI=1S/C16H24N2O2S/c1-3-21-14-8-6-7-13(15(14)16(19)20)17-11-12(2)18-9-4-5-10-18/h6-8,12,17H,3-5,9-11H2,1-2H3,(H,19,20). The number of hydrogen-bond acceptors (Lipinski definition) is 4. The molecular formula is C16H24N2O2S. The van der Waals surface area contributed by atoms with E-state index >= 15 is 0 Å². The SMILES string of the molecule is CCSc1cccc(NCC(C)N2CCCC2)c1C(=O)O. The first kappa shape index (κ1) is 16.2. The van der Waals surface area contributed by atoms with Crippen LogP contribution in [0.2, 0.25) is 0 Å². The Hall–Kier alpha value is -1.20. The highest BCUT2D eigenvalue weighted by atomic mass is 32.2. The van der Waals surface area contributed by atoms with Crippen molar-refractivity contribution in [2.45, 2.75) is 37.6 Å². The van der Waals surface area contributed by atoms with E-state index in [1.165, 1.54) is 12.8 Å². The lowest BCUT2D eigenvalue weighted by molar-refractivity contribution is 0.0694. The second-order valence-corrected chi connectivity index (χ2v) is 6.70. The minimum absolute atomic E-state index is 0.401. The summed E-state index contributed by atoms with van der Waals surface area (Å²) in [6.07, 6.45) is 2.54. The van der Waals surface area contributed by atoms with Crippen LogP contribution in [0.15, 0.2) is 23.1 Å². The Morgan fingerprint density at radius 2 is 2.14 bits per heavy atom. The van der Waals surface area contributed by atoms with Gasteiger partial charge in [-0.05, 0) is 50.7 Å². The molecule has 2 rings (SSSR count). The van der Waals surface area contributed by atoms with Gasteiger partial charge in [-0.1, -0.05) is 13.0 Å². The van der Waals surface area contributed by atoms with E-state index in [1.54, 1.807) is 11.8 Å². The van der Waals surface area contributed by atoms with E-state index in [1.807, 2.05) is 25.1 Å². The fourth-order valence-electron chi connectivity index (χ4n) is 2.74. The van der Waals surface area contributed by atoms with Crippen molar-refractivity contribution in [1.82, 2.24) is 4.90 Å². The number of hydrogen-bond donors (Lipinski definition) is 2. The van der Waals surface area contributed by atoms with Gasteiger partial charge in [0.1, 0.15) is 0 Å². The maximum absolute atomic E-state index is 11.6. The molecule has 1 unspecified atom stereocenters. The molecule has 0 radical (unpaired) electrons. The van der Waals surface area contributed by atoms with E-state index in [4.69, 9.17) is 0 Å². The van der Waals surface area contributed by atoms with E-state index in [0.717, 1.165) is 36.0 Å². The average Bonchev–Trinajstić information content (AvgIpc) is 2.99. The Morgan fingerprint density at radius 3 is 2.76 bits per heavy atom. The molecule has 0 aromatic heterocycles. The Morgan fingerprint density at radius 1 is 1.43 bits per heavy atom. The van der Waals surface area contributed by atoms with Crippen LogP contribution in [0.3, 0.4) is 0 Å². The summed E-state index contributed by atoms with van der Waals surface area (Å²) in [7, 11) is 0. The second-order valence-electron chi connectivity index (χ2n) is 5.39. The summed E-state index contributed by atoms with van der Waals surface area (Å²) < 4.78 is 0. The molecule has 0 aliphatic carbocycles. The van der Waals surface area contributed by atoms with Crippen molar-refractivity contribution >= 4 is 23.4 Å². The normalized spacial score (nSPS) is 16.9. The predicted molar refractivity (Wildman–Crippen MR) is 88.6 cm³/mol. The van der Waals surface area contributed by atoms with Crippen LogP contribution < -0.4 is 5.32 Å². The van der Waals surface area contributed by atoms with E-state index < -0.39 is 5.97 Å². The van der Waals surface area contributed by atoms with Crippen LogP contribution in [0.4, 0.5) is 5.69 Å². The van der Waals surface area contributed by atoms with Gasteiger partial charge in [-0.25, -0.2) is 4.79 Å². The predicted octanol–water partition coefficient (Wildman–Crippen LogP) is 3.39. The number of aromatic carboxylic acids is 1. The molecule has 4 nitrogen and oxygen atoms in total. The summed E-state index contributed by atoms with van der Waals surface area (Å²) in [5.74, 6) is 0.0105. The minimum Gasteiger partial charge on any atom is -0.478 e. The molecule has 116 valence electrons. The van der Waals surface area contributed by atoms with Gasteiger partial charge in [0.05, 0.1) is 5.56 Å². The van der Waals surface area contributed by atoms with Crippen molar-refractivity contribution in [3.63, 3.8) is 0 Å². The number of likely N-dealkylation sites (tertiary alicyclic amines) is 1. The summed E-state index contributed by atoms with van der Waals surface area (Å²) >= 11 is 1.57. The number of anilines is 1. The van der Waals surface area contributed by atoms with Crippen molar-refractivity contribution in [3.8, 4) is 0 Å². The number of rotatable bonds is 7. The Kier molecular flexibility index (Phi) is 5.94.